The number of hydrogen-bond acceptors (Lipinski definition) is 3. The number of aliphatic hydroxyl groups excluding tert-OH is 1. The zero-order chi connectivity index (χ0) is 12.6. The molecular formula is C14H18O3. The highest BCUT2D eigenvalue weighted by Gasteiger charge is 2.54. The number of fused-ring (bicyclic) bond motifs is 1. The molecule has 0 unspecified atom stereocenters. The van der Waals surface area contributed by atoms with Crippen LogP contribution in [-0.2, 0) is 10.3 Å². The van der Waals surface area contributed by atoms with Crippen molar-refractivity contribution in [1.29, 1.82) is 0 Å². The van der Waals surface area contributed by atoms with Crippen molar-refractivity contribution in [2.45, 2.75) is 25.6 Å². The molecule has 0 bridgehead atoms. The van der Waals surface area contributed by atoms with E-state index in [4.69, 9.17) is 9.47 Å². The molecule has 0 spiro atoms. The third-order valence-corrected chi connectivity index (χ3v) is 3.67. The van der Waals surface area contributed by atoms with Crippen LogP contribution in [0, 0.1) is 0 Å². The van der Waals surface area contributed by atoms with E-state index in [1.54, 1.807) is 14.2 Å². The van der Waals surface area contributed by atoms with Crippen LogP contribution in [0.4, 0.5) is 0 Å². The van der Waals surface area contributed by atoms with Gasteiger partial charge in [-0.25, -0.2) is 0 Å². The fraction of sp³-hybridized carbons (Fsp3) is 0.429. The molecule has 1 aliphatic carbocycles. The second-order valence-electron chi connectivity index (χ2n) is 4.24. The Labute approximate surface area is 102 Å². The smallest absolute Gasteiger partial charge is 0.147 e. The van der Waals surface area contributed by atoms with Crippen molar-refractivity contribution < 1.29 is 14.6 Å². The monoisotopic (exact) mass is 234 g/mol. The van der Waals surface area contributed by atoms with Gasteiger partial charge in [-0.1, -0.05) is 18.2 Å². The van der Waals surface area contributed by atoms with Crippen LogP contribution in [-0.4, -0.2) is 19.3 Å². The topological polar surface area (TPSA) is 38.7 Å². The average Bonchev–Trinajstić information content (AvgIpc) is 2.38. The summed E-state index contributed by atoms with van der Waals surface area (Å²) in [6.45, 7) is 3.90. The zero-order valence-electron chi connectivity index (χ0n) is 10.7. The minimum atomic E-state index is -0.753. The van der Waals surface area contributed by atoms with Gasteiger partial charge in [-0.3, -0.25) is 0 Å². The Kier molecular flexibility index (Phi) is 2.98. The van der Waals surface area contributed by atoms with Crippen LogP contribution in [0.25, 0.3) is 0 Å². The molecule has 0 heterocycles. The molecular weight excluding hydrogens is 216 g/mol. The predicted molar refractivity (Wildman–Crippen MR) is 66.1 cm³/mol. The van der Waals surface area contributed by atoms with E-state index in [0.29, 0.717) is 0 Å². The molecule has 0 aliphatic heterocycles. The molecule has 0 saturated carbocycles. The molecule has 2 rings (SSSR count). The fourth-order valence-corrected chi connectivity index (χ4v) is 2.62. The summed E-state index contributed by atoms with van der Waals surface area (Å²) in [5, 5.41) is 10.3. The summed E-state index contributed by atoms with van der Waals surface area (Å²) in [5.41, 5.74) is 2.06. The minimum absolute atomic E-state index is 0.631. The lowest BCUT2D eigenvalue weighted by atomic mass is 9.66. The van der Waals surface area contributed by atoms with Gasteiger partial charge in [-0.15, -0.1) is 0 Å². The van der Waals surface area contributed by atoms with Crippen LogP contribution in [0.5, 0.6) is 5.75 Å². The highest BCUT2D eigenvalue weighted by atomic mass is 16.5. The first-order chi connectivity index (χ1) is 8.13. The van der Waals surface area contributed by atoms with Gasteiger partial charge in [0.25, 0.3) is 0 Å². The Hall–Kier alpha value is -1.32. The molecule has 1 N–H and O–H groups in total. The molecule has 0 radical (unpaired) electrons. The number of benzene rings is 1. The van der Waals surface area contributed by atoms with Crippen molar-refractivity contribution in [1.82, 2.24) is 0 Å². The van der Waals surface area contributed by atoms with Crippen LogP contribution < -0.4 is 4.74 Å². The molecule has 0 fully saturated rings. The third kappa shape index (κ3) is 1.36. The fourth-order valence-electron chi connectivity index (χ4n) is 2.62. The molecule has 0 amide bonds. The maximum Gasteiger partial charge on any atom is 0.147 e. The van der Waals surface area contributed by atoms with E-state index in [1.807, 2.05) is 38.1 Å². The van der Waals surface area contributed by atoms with Crippen LogP contribution >= 0.6 is 0 Å². The molecule has 1 aromatic carbocycles. The molecule has 1 aliphatic rings. The Bertz CT molecular complexity index is 450. The number of hydrogen-bond donors (Lipinski definition) is 1. The van der Waals surface area contributed by atoms with Gasteiger partial charge in [0, 0.05) is 12.7 Å². The Balaban J connectivity index is 2.65. The first kappa shape index (κ1) is 12.1. The van der Waals surface area contributed by atoms with Crippen LogP contribution in [0.15, 0.2) is 29.8 Å². The van der Waals surface area contributed by atoms with E-state index in [1.165, 1.54) is 0 Å². The van der Waals surface area contributed by atoms with Crippen molar-refractivity contribution in [2.75, 3.05) is 14.2 Å². The number of allylic oxidation sites excluding steroid dienone is 1. The number of aliphatic hydroxyl groups is 1. The van der Waals surface area contributed by atoms with E-state index >= 15 is 0 Å². The largest absolute Gasteiger partial charge is 0.496 e. The lowest BCUT2D eigenvalue weighted by Crippen LogP contribution is -2.46. The van der Waals surface area contributed by atoms with Crippen molar-refractivity contribution in [2.24, 2.45) is 0 Å². The summed E-state index contributed by atoms with van der Waals surface area (Å²) in [4.78, 5) is 0. The molecule has 1 aromatic rings. The van der Waals surface area contributed by atoms with Gasteiger partial charge >= 0.3 is 0 Å². The van der Waals surface area contributed by atoms with Gasteiger partial charge < -0.3 is 14.6 Å². The maximum absolute atomic E-state index is 10.3. The van der Waals surface area contributed by atoms with E-state index in [0.717, 1.165) is 22.4 Å². The second kappa shape index (κ2) is 4.17. The quantitative estimate of drug-likeness (QED) is 0.817. The second-order valence-corrected chi connectivity index (χ2v) is 4.24. The molecule has 3 heteroatoms. The first-order valence-corrected chi connectivity index (χ1v) is 5.67. The summed E-state index contributed by atoms with van der Waals surface area (Å²) in [7, 11) is 3.25. The molecule has 0 aromatic heterocycles. The van der Waals surface area contributed by atoms with Crippen LogP contribution in [0.2, 0.25) is 0 Å². The Morgan fingerprint density at radius 2 is 2.12 bits per heavy atom. The van der Waals surface area contributed by atoms with Gasteiger partial charge in [-0.05, 0) is 31.1 Å². The van der Waals surface area contributed by atoms with Crippen molar-refractivity contribution in [3.8, 4) is 5.75 Å². The molecule has 17 heavy (non-hydrogen) atoms. The summed E-state index contributed by atoms with van der Waals surface area (Å²) in [6.07, 6.45) is 1.33. The van der Waals surface area contributed by atoms with Crippen molar-refractivity contribution in [3.05, 3.63) is 41.0 Å². The summed E-state index contributed by atoms with van der Waals surface area (Å²) >= 11 is 0. The summed E-state index contributed by atoms with van der Waals surface area (Å²) in [5.74, 6) is 0.760. The Morgan fingerprint density at radius 1 is 1.41 bits per heavy atom. The van der Waals surface area contributed by atoms with Crippen molar-refractivity contribution >= 4 is 0 Å². The normalized spacial score (nSPS) is 27.4. The minimum Gasteiger partial charge on any atom is -0.496 e. The number of rotatable bonds is 3. The predicted octanol–water partition coefficient (Wildman–Crippen LogP) is 2.55. The van der Waals surface area contributed by atoms with Gasteiger partial charge in [0.15, 0.2) is 0 Å². The Morgan fingerprint density at radius 3 is 2.65 bits per heavy atom. The standard InChI is InChI=1S/C14H18O3/c1-5-9(2)14(17-4)12-10(13(14)15)7-6-8-11(12)16-3/h5-8,13,15H,1-4H3/b9-5-/t13-,14+/m0/s1. The lowest BCUT2D eigenvalue weighted by molar-refractivity contribution is -0.113. The first-order valence-electron chi connectivity index (χ1n) is 5.67. The van der Waals surface area contributed by atoms with Gasteiger partial charge in [-0.2, -0.15) is 0 Å². The van der Waals surface area contributed by atoms with Gasteiger partial charge in [0.05, 0.1) is 7.11 Å². The van der Waals surface area contributed by atoms with Crippen LogP contribution in [0.3, 0.4) is 0 Å². The SMILES string of the molecule is C/C=C(/C)[C@@]1(OC)c2c(OC)cccc2[C@@H]1O. The summed E-state index contributed by atoms with van der Waals surface area (Å²) < 4.78 is 11.0. The van der Waals surface area contributed by atoms with Crippen LogP contribution in [0.1, 0.15) is 31.1 Å². The average molecular weight is 234 g/mol. The lowest BCUT2D eigenvalue weighted by Gasteiger charge is -2.48. The van der Waals surface area contributed by atoms with E-state index in [9.17, 15) is 5.11 Å². The van der Waals surface area contributed by atoms with E-state index in [2.05, 4.69) is 0 Å². The molecule has 3 nitrogen and oxygen atoms in total. The van der Waals surface area contributed by atoms with E-state index < -0.39 is 11.7 Å². The summed E-state index contributed by atoms with van der Waals surface area (Å²) in [6, 6.07) is 5.68. The molecule has 0 saturated heterocycles. The van der Waals surface area contributed by atoms with E-state index in [-0.39, 0.29) is 0 Å². The van der Waals surface area contributed by atoms with Crippen molar-refractivity contribution in [3.63, 3.8) is 0 Å². The highest BCUT2D eigenvalue weighted by Crippen LogP contribution is 2.58. The third-order valence-electron chi connectivity index (χ3n) is 3.67. The van der Waals surface area contributed by atoms with Gasteiger partial charge in [0.2, 0.25) is 0 Å². The highest BCUT2D eigenvalue weighted by molar-refractivity contribution is 5.58. The zero-order valence-corrected chi connectivity index (χ0v) is 10.7. The number of methoxy groups -OCH3 is 2. The molecule has 92 valence electrons. The molecule has 2 atom stereocenters. The number of ether oxygens (including phenoxy) is 2. The van der Waals surface area contributed by atoms with Gasteiger partial charge in [0.1, 0.15) is 17.5 Å². The maximum atomic E-state index is 10.3.